The minimum Gasteiger partial charge on any atom is -0.321 e. The lowest BCUT2D eigenvalue weighted by Gasteiger charge is -2.30. The molecule has 0 spiro atoms. The van der Waals surface area contributed by atoms with Gasteiger partial charge in [-0.1, -0.05) is 0 Å². The summed E-state index contributed by atoms with van der Waals surface area (Å²) in [6.07, 6.45) is 9.46. The smallest absolute Gasteiger partial charge is 0.229 e. The van der Waals surface area contributed by atoms with Gasteiger partial charge < -0.3 is 5.32 Å². The van der Waals surface area contributed by atoms with Gasteiger partial charge in [0.1, 0.15) is 0 Å². The summed E-state index contributed by atoms with van der Waals surface area (Å²) < 4.78 is 3.67. The highest BCUT2D eigenvalue weighted by Crippen LogP contribution is 2.21. The van der Waals surface area contributed by atoms with Crippen molar-refractivity contribution in [2.45, 2.75) is 19.4 Å². The summed E-state index contributed by atoms with van der Waals surface area (Å²) in [5, 5.41) is 21.6. The molecular weight excluding hydrogens is 330 g/mol. The minimum atomic E-state index is 0.477. The maximum absolute atomic E-state index is 8.92. The molecule has 1 N–H and O–H groups in total. The van der Waals surface area contributed by atoms with E-state index in [2.05, 4.69) is 36.5 Å². The van der Waals surface area contributed by atoms with Crippen LogP contribution in [0.2, 0.25) is 0 Å². The molecule has 134 valence electrons. The highest BCUT2D eigenvalue weighted by molar-refractivity contribution is 5.75. The van der Waals surface area contributed by atoms with E-state index in [4.69, 9.17) is 5.26 Å². The number of aryl methyl sites for hydroxylation is 1. The number of hydrogen-bond donors (Lipinski definition) is 1. The Balaban J connectivity index is 1.52. The van der Waals surface area contributed by atoms with Crippen LogP contribution in [0.25, 0.3) is 11.0 Å². The highest BCUT2D eigenvalue weighted by atomic mass is 15.3. The molecule has 0 radical (unpaired) electrons. The van der Waals surface area contributed by atoms with Crippen LogP contribution in [0.15, 0.2) is 24.8 Å². The van der Waals surface area contributed by atoms with Crippen LogP contribution in [0.1, 0.15) is 12.8 Å². The summed E-state index contributed by atoms with van der Waals surface area (Å²) in [7, 11) is 1.87. The first kappa shape index (κ1) is 16.5. The highest BCUT2D eigenvalue weighted by Gasteiger charge is 2.21. The van der Waals surface area contributed by atoms with Crippen molar-refractivity contribution < 1.29 is 0 Å². The van der Waals surface area contributed by atoms with E-state index in [1.165, 1.54) is 0 Å². The molecule has 1 saturated heterocycles. The fourth-order valence-corrected chi connectivity index (χ4v) is 3.46. The lowest BCUT2D eigenvalue weighted by atomic mass is 9.98. The Morgan fingerprint density at radius 1 is 1.31 bits per heavy atom. The molecule has 0 aromatic carbocycles. The number of hydrogen-bond acceptors (Lipinski definition) is 7. The van der Waals surface area contributed by atoms with Gasteiger partial charge in [0, 0.05) is 32.5 Å². The number of nitrogens with one attached hydrogen (secondary N) is 1. The van der Waals surface area contributed by atoms with Crippen molar-refractivity contribution in [2.24, 2.45) is 13.0 Å². The lowest BCUT2D eigenvalue weighted by Crippen LogP contribution is -2.37. The fraction of sp³-hybridized carbons (Fsp3) is 0.471. The maximum Gasteiger partial charge on any atom is 0.229 e. The number of rotatable bonds is 5. The molecule has 0 saturated carbocycles. The summed E-state index contributed by atoms with van der Waals surface area (Å²) in [5.41, 5.74) is 1.67. The van der Waals surface area contributed by atoms with Crippen LogP contribution in [-0.2, 0) is 13.6 Å². The SMILES string of the molecule is Cn1cc(Nc2ncc3cnn(CC4CCCN(CC#N)C4)c3n2)cn1. The molecule has 1 aliphatic heterocycles. The van der Waals surface area contributed by atoms with Crippen LogP contribution in [0.4, 0.5) is 11.6 Å². The first-order valence-corrected chi connectivity index (χ1v) is 8.75. The molecule has 4 heterocycles. The summed E-state index contributed by atoms with van der Waals surface area (Å²) >= 11 is 0. The van der Waals surface area contributed by atoms with Gasteiger partial charge in [0.15, 0.2) is 5.65 Å². The first-order chi connectivity index (χ1) is 12.7. The van der Waals surface area contributed by atoms with Crippen molar-refractivity contribution in [2.75, 3.05) is 25.0 Å². The average Bonchev–Trinajstić information content (AvgIpc) is 3.22. The number of fused-ring (bicyclic) bond motifs is 1. The van der Waals surface area contributed by atoms with E-state index in [1.807, 2.05) is 17.9 Å². The van der Waals surface area contributed by atoms with E-state index in [-0.39, 0.29) is 0 Å². The van der Waals surface area contributed by atoms with E-state index >= 15 is 0 Å². The second-order valence-corrected chi connectivity index (χ2v) is 6.73. The third-order valence-corrected chi connectivity index (χ3v) is 4.67. The summed E-state index contributed by atoms with van der Waals surface area (Å²) in [6, 6.07) is 2.25. The third kappa shape index (κ3) is 3.50. The van der Waals surface area contributed by atoms with Crippen molar-refractivity contribution in [1.29, 1.82) is 5.26 Å². The van der Waals surface area contributed by atoms with Gasteiger partial charge in [0.2, 0.25) is 5.95 Å². The summed E-state index contributed by atoms with van der Waals surface area (Å²) in [6.45, 7) is 3.23. The average molecular weight is 351 g/mol. The predicted molar refractivity (Wildman–Crippen MR) is 96.6 cm³/mol. The number of likely N-dealkylation sites (tertiary alicyclic amines) is 1. The van der Waals surface area contributed by atoms with Gasteiger partial charge in [-0.2, -0.15) is 20.4 Å². The molecule has 3 aromatic rings. The van der Waals surface area contributed by atoms with Crippen LogP contribution in [0, 0.1) is 17.2 Å². The van der Waals surface area contributed by atoms with Crippen molar-refractivity contribution in [3.63, 3.8) is 0 Å². The zero-order valence-corrected chi connectivity index (χ0v) is 14.7. The van der Waals surface area contributed by atoms with Gasteiger partial charge in [-0.15, -0.1) is 0 Å². The first-order valence-electron chi connectivity index (χ1n) is 8.75. The number of piperidine rings is 1. The molecule has 0 aliphatic carbocycles. The number of anilines is 2. The molecule has 0 bridgehead atoms. The van der Waals surface area contributed by atoms with Crippen LogP contribution >= 0.6 is 0 Å². The Kier molecular flexibility index (Phi) is 4.50. The number of aromatic nitrogens is 6. The predicted octanol–water partition coefficient (Wildman–Crippen LogP) is 1.54. The van der Waals surface area contributed by atoms with Crippen LogP contribution in [0.3, 0.4) is 0 Å². The lowest BCUT2D eigenvalue weighted by molar-refractivity contribution is 0.177. The standard InChI is InChI=1S/C17H21N9/c1-24-12-15(9-20-24)22-17-19-7-14-8-21-26(16(14)23-17)11-13-3-2-5-25(10-13)6-4-18/h7-9,12-13H,2-3,5-6,10-11H2,1H3,(H,19,22,23). The normalized spacial score (nSPS) is 18.1. The second kappa shape index (κ2) is 7.09. The van der Waals surface area contributed by atoms with Gasteiger partial charge in [0.05, 0.1) is 36.1 Å². The van der Waals surface area contributed by atoms with E-state index in [0.29, 0.717) is 18.4 Å². The van der Waals surface area contributed by atoms with E-state index < -0.39 is 0 Å². The Bertz CT molecular complexity index is 935. The van der Waals surface area contributed by atoms with E-state index in [9.17, 15) is 0 Å². The van der Waals surface area contributed by atoms with Crippen LogP contribution < -0.4 is 5.32 Å². The molecule has 3 aromatic heterocycles. The molecule has 1 atom stereocenters. The van der Waals surface area contributed by atoms with Crippen molar-refractivity contribution in [1.82, 2.24) is 34.4 Å². The molecule has 9 nitrogen and oxygen atoms in total. The molecule has 9 heteroatoms. The van der Waals surface area contributed by atoms with Gasteiger partial charge in [-0.3, -0.25) is 9.58 Å². The fourth-order valence-electron chi connectivity index (χ4n) is 3.46. The number of nitrogens with zero attached hydrogens (tertiary/aromatic N) is 8. The molecule has 4 rings (SSSR count). The van der Waals surface area contributed by atoms with Crippen molar-refractivity contribution in [3.8, 4) is 6.07 Å². The molecule has 26 heavy (non-hydrogen) atoms. The van der Waals surface area contributed by atoms with Crippen LogP contribution in [-0.4, -0.2) is 54.1 Å². The Hall–Kier alpha value is -2.99. The molecule has 0 amide bonds. The zero-order valence-electron chi connectivity index (χ0n) is 14.7. The van der Waals surface area contributed by atoms with Gasteiger partial charge >= 0.3 is 0 Å². The molecule has 1 aliphatic rings. The Morgan fingerprint density at radius 3 is 3.04 bits per heavy atom. The Labute approximate surface area is 151 Å². The maximum atomic E-state index is 8.92. The zero-order chi connectivity index (χ0) is 17.9. The van der Waals surface area contributed by atoms with Crippen LogP contribution in [0.5, 0.6) is 0 Å². The van der Waals surface area contributed by atoms with E-state index in [0.717, 1.165) is 49.2 Å². The van der Waals surface area contributed by atoms with Gasteiger partial charge in [0.25, 0.3) is 0 Å². The topological polar surface area (TPSA) is 100 Å². The van der Waals surface area contributed by atoms with Gasteiger partial charge in [-0.25, -0.2) is 9.67 Å². The quantitative estimate of drug-likeness (QED) is 0.696. The van der Waals surface area contributed by atoms with E-state index in [1.54, 1.807) is 23.3 Å². The van der Waals surface area contributed by atoms with Gasteiger partial charge in [-0.05, 0) is 25.3 Å². The summed E-state index contributed by atoms with van der Waals surface area (Å²) in [4.78, 5) is 11.2. The molecular formula is C17H21N9. The van der Waals surface area contributed by atoms with Crippen molar-refractivity contribution >= 4 is 22.7 Å². The molecule has 1 fully saturated rings. The largest absolute Gasteiger partial charge is 0.321 e. The second-order valence-electron chi connectivity index (χ2n) is 6.73. The minimum absolute atomic E-state index is 0.477. The monoisotopic (exact) mass is 351 g/mol. The van der Waals surface area contributed by atoms with Crippen molar-refractivity contribution in [3.05, 3.63) is 24.8 Å². The third-order valence-electron chi connectivity index (χ3n) is 4.67. The summed E-state index contributed by atoms with van der Waals surface area (Å²) in [5.74, 6) is 1.01. The Morgan fingerprint density at radius 2 is 2.23 bits per heavy atom. The number of nitriles is 1. The molecule has 1 unspecified atom stereocenters.